The summed E-state index contributed by atoms with van der Waals surface area (Å²) in [7, 11) is 0. The lowest BCUT2D eigenvalue weighted by Gasteiger charge is -2.23. The van der Waals surface area contributed by atoms with Crippen molar-refractivity contribution in [3.05, 3.63) is 51.5 Å². The van der Waals surface area contributed by atoms with E-state index in [0.29, 0.717) is 27.5 Å². The van der Waals surface area contributed by atoms with Crippen LogP contribution in [0.25, 0.3) is 0 Å². The van der Waals surface area contributed by atoms with Crippen molar-refractivity contribution in [2.75, 3.05) is 18.4 Å². The van der Waals surface area contributed by atoms with Gasteiger partial charge in [-0.15, -0.1) is 11.3 Å². The van der Waals surface area contributed by atoms with Gasteiger partial charge < -0.3 is 21.7 Å². The average molecular weight is 386 g/mol. The Balaban J connectivity index is 1.82. The van der Waals surface area contributed by atoms with Crippen LogP contribution in [0.3, 0.4) is 0 Å². The van der Waals surface area contributed by atoms with Crippen molar-refractivity contribution < 1.29 is 14.0 Å². The highest BCUT2D eigenvalue weighted by molar-refractivity contribution is 7.15. The van der Waals surface area contributed by atoms with Gasteiger partial charge in [-0.1, -0.05) is 17.9 Å². The third-order valence-corrected chi connectivity index (χ3v) is 5.03. The van der Waals surface area contributed by atoms with E-state index in [4.69, 9.17) is 5.73 Å². The van der Waals surface area contributed by atoms with Crippen LogP contribution in [0.15, 0.2) is 30.3 Å². The molecule has 140 valence electrons. The van der Waals surface area contributed by atoms with Crippen molar-refractivity contribution in [3.63, 3.8) is 0 Å². The van der Waals surface area contributed by atoms with Gasteiger partial charge in [0.1, 0.15) is 10.7 Å². The second kappa shape index (κ2) is 8.66. The summed E-state index contributed by atoms with van der Waals surface area (Å²) >= 11 is 1.15. The molecule has 0 spiro atoms. The van der Waals surface area contributed by atoms with Gasteiger partial charge in [-0.2, -0.15) is 0 Å². The number of hydrogen-bond acceptors (Lipinski definition) is 4. The summed E-state index contributed by atoms with van der Waals surface area (Å²) in [5, 5.41) is 8.66. The molecule has 3 amide bonds. The Morgan fingerprint density at radius 3 is 2.85 bits per heavy atom. The fourth-order valence-electron chi connectivity index (χ4n) is 2.77. The number of urea groups is 1. The number of nitrogens with two attached hydrogens (primary N) is 1. The number of hydrogen-bond donors (Lipinski definition) is 4. The van der Waals surface area contributed by atoms with Gasteiger partial charge in [0, 0.05) is 18.2 Å². The van der Waals surface area contributed by atoms with Gasteiger partial charge in [0.2, 0.25) is 0 Å². The van der Waals surface area contributed by atoms with Gasteiger partial charge in [-0.05, 0) is 43.7 Å². The summed E-state index contributed by atoms with van der Waals surface area (Å²) in [5.74, 6) is 5.10. The molecule has 1 atom stereocenters. The van der Waals surface area contributed by atoms with Gasteiger partial charge >= 0.3 is 6.03 Å². The van der Waals surface area contributed by atoms with Crippen LogP contribution >= 0.6 is 11.3 Å². The molecule has 27 heavy (non-hydrogen) atoms. The van der Waals surface area contributed by atoms with Crippen LogP contribution in [-0.2, 0) is 0 Å². The SMILES string of the molecule is NC(=O)Nc1cc(C#Cc2cccc(F)c2)sc1C(=O)NC1CCCNC1. The largest absolute Gasteiger partial charge is 0.351 e. The van der Waals surface area contributed by atoms with E-state index in [1.54, 1.807) is 18.2 Å². The lowest BCUT2D eigenvalue weighted by molar-refractivity contribution is 0.0935. The summed E-state index contributed by atoms with van der Waals surface area (Å²) < 4.78 is 13.2. The second-order valence-electron chi connectivity index (χ2n) is 6.12. The Labute approximate surface area is 160 Å². The van der Waals surface area contributed by atoms with Gasteiger partial charge in [0.25, 0.3) is 5.91 Å². The average Bonchev–Trinajstić information content (AvgIpc) is 3.03. The molecule has 6 nitrogen and oxygen atoms in total. The lowest BCUT2D eigenvalue weighted by atomic mass is 10.1. The molecule has 2 aromatic rings. The molecule has 1 aliphatic rings. The number of carbonyl (C=O) groups excluding carboxylic acids is 2. The van der Waals surface area contributed by atoms with E-state index in [-0.39, 0.29) is 17.8 Å². The van der Waals surface area contributed by atoms with E-state index in [2.05, 4.69) is 27.8 Å². The van der Waals surface area contributed by atoms with E-state index in [1.807, 2.05) is 0 Å². The van der Waals surface area contributed by atoms with Crippen LogP contribution in [0, 0.1) is 17.7 Å². The smallest absolute Gasteiger partial charge is 0.316 e. The molecule has 0 bridgehead atoms. The Bertz CT molecular complexity index is 910. The highest BCUT2D eigenvalue weighted by Crippen LogP contribution is 2.27. The fourth-order valence-corrected chi connectivity index (χ4v) is 3.64. The van der Waals surface area contributed by atoms with Crippen molar-refractivity contribution in [1.29, 1.82) is 0 Å². The first-order valence-corrected chi connectivity index (χ1v) is 9.32. The fraction of sp³-hybridized carbons (Fsp3) is 0.263. The van der Waals surface area contributed by atoms with Crippen LogP contribution in [0.1, 0.15) is 33.0 Å². The van der Waals surface area contributed by atoms with Crippen molar-refractivity contribution >= 4 is 29.0 Å². The highest BCUT2D eigenvalue weighted by Gasteiger charge is 2.21. The number of carbonyl (C=O) groups is 2. The van der Waals surface area contributed by atoms with Crippen LogP contribution in [-0.4, -0.2) is 31.1 Å². The first kappa shape index (κ1) is 18.9. The monoisotopic (exact) mass is 386 g/mol. The minimum Gasteiger partial charge on any atom is -0.351 e. The third-order valence-electron chi connectivity index (χ3n) is 3.98. The van der Waals surface area contributed by atoms with Crippen LogP contribution in [0.2, 0.25) is 0 Å². The van der Waals surface area contributed by atoms with Crippen molar-refractivity contribution in [2.24, 2.45) is 5.73 Å². The molecule has 1 aromatic heterocycles. The van der Waals surface area contributed by atoms with E-state index in [1.165, 1.54) is 12.1 Å². The summed E-state index contributed by atoms with van der Waals surface area (Å²) in [6, 6.07) is 6.81. The third kappa shape index (κ3) is 5.29. The highest BCUT2D eigenvalue weighted by atomic mass is 32.1. The summed E-state index contributed by atoms with van der Waals surface area (Å²) in [6.07, 6.45) is 1.89. The lowest BCUT2D eigenvalue weighted by Crippen LogP contribution is -2.45. The summed E-state index contributed by atoms with van der Waals surface area (Å²) in [5.41, 5.74) is 6.04. The van der Waals surface area contributed by atoms with E-state index >= 15 is 0 Å². The number of anilines is 1. The molecule has 8 heteroatoms. The predicted molar refractivity (Wildman–Crippen MR) is 103 cm³/mol. The number of nitrogens with one attached hydrogen (secondary N) is 3. The minimum absolute atomic E-state index is 0.0385. The quantitative estimate of drug-likeness (QED) is 0.609. The van der Waals surface area contributed by atoms with Crippen molar-refractivity contribution in [1.82, 2.24) is 10.6 Å². The topological polar surface area (TPSA) is 96.2 Å². The van der Waals surface area contributed by atoms with Gasteiger partial charge in [-0.3, -0.25) is 4.79 Å². The molecule has 1 unspecified atom stereocenters. The zero-order valence-electron chi connectivity index (χ0n) is 14.5. The molecule has 0 saturated carbocycles. The molecule has 3 rings (SSSR count). The number of rotatable bonds is 3. The number of piperidine rings is 1. The maximum Gasteiger partial charge on any atom is 0.316 e. The standard InChI is InChI=1S/C19H19FN4O2S/c20-13-4-1-3-12(9-13)6-7-15-10-16(24-19(21)26)17(27-15)18(25)23-14-5-2-8-22-11-14/h1,3-4,9-10,14,22H,2,5,8,11H2,(H,23,25)(H3,21,24,26). The normalized spacial score (nSPS) is 16.1. The predicted octanol–water partition coefficient (Wildman–Crippen LogP) is 2.26. The first-order valence-electron chi connectivity index (χ1n) is 8.51. The second-order valence-corrected chi connectivity index (χ2v) is 7.17. The minimum atomic E-state index is -0.758. The Hall–Kier alpha value is -2.89. The zero-order valence-corrected chi connectivity index (χ0v) is 15.3. The first-order chi connectivity index (χ1) is 13.0. The maximum atomic E-state index is 13.2. The molecular formula is C19H19FN4O2S. The number of amides is 3. The van der Waals surface area contributed by atoms with E-state index < -0.39 is 6.03 Å². The summed E-state index contributed by atoms with van der Waals surface area (Å²) in [4.78, 5) is 24.8. The van der Waals surface area contributed by atoms with Gasteiger partial charge in [-0.25, -0.2) is 9.18 Å². The molecule has 1 saturated heterocycles. The van der Waals surface area contributed by atoms with Crippen LogP contribution in [0.4, 0.5) is 14.9 Å². The molecule has 0 aliphatic carbocycles. The number of benzene rings is 1. The van der Waals surface area contributed by atoms with Crippen LogP contribution < -0.4 is 21.7 Å². The molecule has 1 aliphatic heterocycles. The Morgan fingerprint density at radius 1 is 1.30 bits per heavy atom. The molecule has 0 radical (unpaired) electrons. The van der Waals surface area contributed by atoms with Crippen LogP contribution in [0.5, 0.6) is 0 Å². The van der Waals surface area contributed by atoms with E-state index in [0.717, 1.165) is 30.7 Å². The number of thiophene rings is 1. The zero-order chi connectivity index (χ0) is 19.2. The Kier molecular flexibility index (Phi) is 6.06. The molecule has 2 heterocycles. The van der Waals surface area contributed by atoms with E-state index in [9.17, 15) is 14.0 Å². The van der Waals surface area contributed by atoms with Gasteiger partial charge in [0.05, 0.1) is 10.6 Å². The number of halogens is 1. The molecule has 1 aromatic carbocycles. The molecule has 1 fully saturated rings. The van der Waals surface area contributed by atoms with Gasteiger partial charge in [0.15, 0.2) is 0 Å². The summed E-state index contributed by atoms with van der Waals surface area (Å²) in [6.45, 7) is 1.65. The number of primary amides is 1. The van der Waals surface area contributed by atoms with Crippen molar-refractivity contribution in [2.45, 2.75) is 18.9 Å². The molecular weight excluding hydrogens is 367 g/mol. The molecule has 5 N–H and O–H groups in total. The maximum absolute atomic E-state index is 13.2. The van der Waals surface area contributed by atoms with Crippen molar-refractivity contribution in [3.8, 4) is 11.8 Å². The Morgan fingerprint density at radius 2 is 2.15 bits per heavy atom.